The van der Waals surface area contributed by atoms with Gasteiger partial charge in [0.15, 0.2) is 0 Å². The van der Waals surface area contributed by atoms with Crippen molar-refractivity contribution in [2.24, 2.45) is 0 Å². The van der Waals surface area contributed by atoms with Crippen LogP contribution in [0.5, 0.6) is 0 Å². The minimum absolute atomic E-state index is 0.298. The van der Waals surface area contributed by atoms with Gasteiger partial charge in [-0.3, -0.25) is 0 Å². The molecule has 0 aliphatic heterocycles. The van der Waals surface area contributed by atoms with Crippen LogP contribution in [0.2, 0.25) is 5.02 Å². The highest BCUT2D eigenvalue weighted by atomic mass is 127. The molecule has 0 bridgehead atoms. The molecular weight excluding hydrogens is 369 g/mol. The lowest BCUT2D eigenvalue weighted by molar-refractivity contribution is 0.494. The van der Waals surface area contributed by atoms with Crippen LogP contribution in [-0.4, -0.2) is 0 Å². The van der Waals surface area contributed by atoms with Crippen LogP contribution in [0.15, 0.2) is 48.5 Å². The average Bonchev–Trinajstić information content (AvgIpc) is 2.40. The molecule has 0 saturated carbocycles. The summed E-state index contributed by atoms with van der Waals surface area (Å²) in [5, 5.41) is 4.39. The Morgan fingerprint density at radius 1 is 0.842 bits per heavy atom. The lowest BCUT2D eigenvalue weighted by Gasteiger charge is -2.21. The van der Waals surface area contributed by atoms with Crippen molar-refractivity contribution in [1.29, 1.82) is 0 Å². The van der Waals surface area contributed by atoms with Crippen LogP contribution in [0.3, 0.4) is 0 Å². The number of halogens is 2. The van der Waals surface area contributed by atoms with Crippen LogP contribution >= 0.6 is 34.2 Å². The molecule has 1 N–H and O–H groups in total. The Hall–Kier alpha value is -0.580. The molecule has 0 aromatic heterocycles. The van der Waals surface area contributed by atoms with Gasteiger partial charge in [-0.15, -0.1) is 0 Å². The molecule has 3 heteroatoms. The fourth-order valence-electron chi connectivity index (χ4n) is 2.07. The Balaban J connectivity index is 2.03. The third-order valence-electron chi connectivity index (χ3n) is 3.24. The maximum Gasteiger partial charge on any atom is 0.0406 e. The first kappa shape index (κ1) is 14.8. The van der Waals surface area contributed by atoms with Gasteiger partial charge in [-0.25, -0.2) is 0 Å². The Morgan fingerprint density at radius 3 is 1.74 bits per heavy atom. The first-order chi connectivity index (χ1) is 9.06. The summed E-state index contributed by atoms with van der Waals surface area (Å²) in [4.78, 5) is 0. The van der Waals surface area contributed by atoms with Gasteiger partial charge in [0, 0.05) is 20.7 Å². The molecule has 2 rings (SSSR count). The molecule has 0 aliphatic rings. The highest BCUT2D eigenvalue weighted by Crippen LogP contribution is 2.21. The van der Waals surface area contributed by atoms with E-state index < -0.39 is 0 Å². The minimum Gasteiger partial charge on any atom is -0.304 e. The van der Waals surface area contributed by atoms with E-state index in [2.05, 4.69) is 78.2 Å². The Morgan fingerprint density at radius 2 is 1.26 bits per heavy atom. The van der Waals surface area contributed by atoms with Gasteiger partial charge in [0.2, 0.25) is 0 Å². The van der Waals surface area contributed by atoms with Crippen molar-refractivity contribution in [3.8, 4) is 0 Å². The molecule has 2 aromatic carbocycles. The molecule has 0 spiro atoms. The molecule has 100 valence electrons. The van der Waals surface area contributed by atoms with Crippen LogP contribution in [0.1, 0.15) is 37.1 Å². The highest BCUT2D eigenvalue weighted by Gasteiger charge is 2.10. The highest BCUT2D eigenvalue weighted by molar-refractivity contribution is 14.1. The van der Waals surface area contributed by atoms with Gasteiger partial charge in [-0.2, -0.15) is 0 Å². The topological polar surface area (TPSA) is 12.0 Å². The van der Waals surface area contributed by atoms with E-state index in [4.69, 9.17) is 11.6 Å². The first-order valence-electron chi connectivity index (χ1n) is 6.33. The predicted octanol–water partition coefficient (Wildman–Crippen LogP) is 5.36. The third-order valence-corrected chi connectivity index (χ3v) is 4.21. The molecule has 0 amide bonds. The molecule has 2 aromatic rings. The summed E-state index contributed by atoms with van der Waals surface area (Å²) < 4.78 is 1.26. The maximum atomic E-state index is 5.91. The van der Waals surface area contributed by atoms with Crippen molar-refractivity contribution in [2.75, 3.05) is 0 Å². The van der Waals surface area contributed by atoms with Gasteiger partial charge < -0.3 is 5.32 Å². The Labute approximate surface area is 133 Å². The summed E-state index contributed by atoms with van der Waals surface area (Å²) >= 11 is 8.24. The number of hydrogen-bond acceptors (Lipinski definition) is 1. The second kappa shape index (κ2) is 6.73. The normalized spacial score (nSPS) is 14.1. The van der Waals surface area contributed by atoms with Crippen molar-refractivity contribution in [3.05, 3.63) is 68.3 Å². The average molecular weight is 386 g/mol. The van der Waals surface area contributed by atoms with E-state index in [1.807, 2.05) is 12.1 Å². The molecule has 19 heavy (non-hydrogen) atoms. The monoisotopic (exact) mass is 385 g/mol. The zero-order chi connectivity index (χ0) is 13.8. The number of rotatable bonds is 4. The van der Waals surface area contributed by atoms with E-state index >= 15 is 0 Å². The fraction of sp³-hybridized carbons (Fsp3) is 0.250. The third kappa shape index (κ3) is 4.20. The van der Waals surface area contributed by atoms with Crippen LogP contribution in [0.4, 0.5) is 0 Å². The molecule has 0 heterocycles. The summed E-state index contributed by atoms with van der Waals surface area (Å²) in [6.07, 6.45) is 0. The standard InChI is InChI=1S/C16H17ClIN/c1-11(13-3-7-15(17)8-4-13)19-12(2)14-5-9-16(18)10-6-14/h3-12,19H,1-2H3. The van der Waals surface area contributed by atoms with Gasteiger partial charge in [0.05, 0.1) is 0 Å². The van der Waals surface area contributed by atoms with Crippen molar-refractivity contribution >= 4 is 34.2 Å². The molecule has 2 atom stereocenters. The number of nitrogens with one attached hydrogen (secondary N) is 1. The summed E-state index contributed by atoms with van der Waals surface area (Å²) in [6, 6.07) is 17.3. The van der Waals surface area contributed by atoms with E-state index in [1.54, 1.807) is 0 Å². The van der Waals surface area contributed by atoms with Crippen LogP contribution in [-0.2, 0) is 0 Å². The summed E-state index contributed by atoms with van der Waals surface area (Å²) in [5.74, 6) is 0. The quantitative estimate of drug-likeness (QED) is 0.699. The summed E-state index contributed by atoms with van der Waals surface area (Å²) in [5.41, 5.74) is 2.56. The maximum absolute atomic E-state index is 5.91. The molecule has 0 fully saturated rings. The molecule has 0 radical (unpaired) electrons. The van der Waals surface area contributed by atoms with Gasteiger partial charge >= 0.3 is 0 Å². The van der Waals surface area contributed by atoms with Gasteiger partial charge in [-0.05, 0) is 71.8 Å². The van der Waals surface area contributed by atoms with Crippen molar-refractivity contribution in [3.63, 3.8) is 0 Å². The lowest BCUT2D eigenvalue weighted by atomic mass is 10.0. The van der Waals surface area contributed by atoms with Gasteiger partial charge in [0.1, 0.15) is 0 Å². The molecule has 0 aliphatic carbocycles. The van der Waals surface area contributed by atoms with Crippen molar-refractivity contribution in [1.82, 2.24) is 5.32 Å². The molecule has 2 unspecified atom stereocenters. The molecular formula is C16H17ClIN. The number of hydrogen-bond donors (Lipinski definition) is 1. The van der Waals surface area contributed by atoms with E-state index in [1.165, 1.54) is 14.7 Å². The van der Waals surface area contributed by atoms with Gasteiger partial charge in [-0.1, -0.05) is 35.9 Å². The van der Waals surface area contributed by atoms with E-state index in [9.17, 15) is 0 Å². The van der Waals surface area contributed by atoms with E-state index in [0.29, 0.717) is 12.1 Å². The van der Waals surface area contributed by atoms with E-state index in [0.717, 1.165) is 5.02 Å². The SMILES string of the molecule is CC(NC(C)c1ccc(I)cc1)c1ccc(Cl)cc1. The van der Waals surface area contributed by atoms with E-state index in [-0.39, 0.29) is 0 Å². The van der Waals surface area contributed by atoms with Crippen LogP contribution in [0, 0.1) is 3.57 Å². The lowest BCUT2D eigenvalue weighted by Crippen LogP contribution is -2.22. The summed E-state index contributed by atoms with van der Waals surface area (Å²) in [6.45, 7) is 4.36. The zero-order valence-electron chi connectivity index (χ0n) is 11.0. The van der Waals surface area contributed by atoms with Gasteiger partial charge in [0.25, 0.3) is 0 Å². The molecule has 1 nitrogen and oxygen atoms in total. The first-order valence-corrected chi connectivity index (χ1v) is 7.79. The fourth-order valence-corrected chi connectivity index (χ4v) is 2.56. The second-order valence-corrected chi connectivity index (χ2v) is 6.40. The largest absolute Gasteiger partial charge is 0.304 e. The molecule has 0 saturated heterocycles. The summed E-state index contributed by atoms with van der Waals surface area (Å²) in [7, 11) is 0. The number of benzene rings is 2. The Bertz CT molecular complexity index is 472. The Kier molecular flexibility index (Phi) is 5.25. The zero-order valence-corrected chi connectivity index (χ0v) is 13.9. The van der Waals surface area contributed by atoms with Crippen molar-refractivity contribution < 1.29 is 0 Å². The van der Waals surface area contributed by atoms with Crippen LogP contribution in [0.25, 0.3) is 0 Å². The predicted molar refractivity (Wildman–Crippen MR) is 90.6 cm³/mol. The van der Waals surface area contributed by atoms with Crippen LogP contribution < -0.4 is 5.32 Å². The smallest absolute Gasteiger partial charge is 0.0406 e. The second-order valence-electron chi connectivity index (χ2n) is 4.71. The minimum atomic E-state index is 0.298. The van der Waals surface area contributed by atoms with Crippen molar-refractivity contribution in [2.45, 2.75) is 25.9 Å².